The van der Waals surface area contributed by atoms with E-state index in [4.69, 9.17) is 0 Å². The van der Waals surface area contributed by atoms with E-state index >= 15 is 0 Å². The fourth-order valence-corrected chi connectivity index (χ4v) is 3.86. The zero-order valence-electron chi connectivity index (χ0n) is 15.9. The lowest BCUT2D eigenvalue weighted by Gasteiger charge is -2.33. The van der Waals surface area contributed by atoms with Gasteiger partial charge in [-0.1, -0.05) is 12.1 Å². The molecule has 2 aromatic rings. The molecule has 6 nitrogen and oxygen atoms in total. The van der Waals surface area contributed by atoms with Gasteiger partial charge in [-0.3, -0.25) is 14.3 Å². The molecule has 0 bridgehead atoms. The summed E-state index contributed by atoms with van der Waals surface area (Å²) in [5, 5.41) is 7.20. The van der Waals surface area contributed by atoms with E-state index in [1.54, 1.807) is 23.7 Å². The number of nitrogens with one attached hydrogen (secondary N) is 1. The Kier molecular flexibility index (Phi) is 4.50. The van der Waals surface area contributed by atoms with Gasteiger partial charge < -0.3 is 10.2 Å². The minimum absolute atomic E-state index is 0.0176. The molecule has 1 spiro atoms. The molecule has 2 amide bonds. The Labute approximate surface area is 159 Å². The first kappa shape index (κ1) is 17.8. The fourth-order valence-electron chi connectivity index (χ4n) is 3.86. The number of aromatic nitrogens is 2. The van der Waals surface area contributed by atoms with E-state index in [-0.39, 0.29) is 11.8 Å². The van der Waals surface area contributed by atoms with Crippen LogP contribution in [-0.2, 0) is 11.8 Å². The number of carbonyl (C=O) groups is 2. The van der Waals surface area contributed by atoms with Crippen LogP contribution < -0.4 is 5.32 Å². The summed E-state index contributed by atoms with van der Waals surface area (Å²) in [6.07, 6.45) is 6.73. The van der Waals surface area contributed by atoms with E-state index in [2.05, 4.69) is 10.4 Å². The van der Waals surface area contributed by atoms with Gasteiger partial charge in [0.25, 0.3) is 5.91 Å². The Bertz CT molecular complexity index is 841. The minimum Gasteiger partial charge on any atom is -0.341 e. The first-order valence-electron chi connectivity index (χ1n) is 9.66. The molecule has 1 aliphatic heterocycles. The number of benzene rings is 1. The van der Waals surface area contributed by atoms with Crippen LogP contribution in [0.5, 0.6) is 0 Å². The topological polar surface area (TPSA) is 67.2 Å². The summed E-state index contributed by atoms with van der Waals surface area (Å²) in [7, 11) is 1.87. The third-order valence-corrected chi connectivity index (χ3v) is 5.97. The highest BCUT2D eigenvalue weighted by Gasteiger charge is 2.45. The van der Waals surface area contributed by atoms with Gasteiger partial charge in [-0.2, -0.15) is 5.10 Å². The molecule has 27 heavy (non-hydrogen) atoms. The van der Waals surface area contributed by atoms with E-state index in [0.717, 1.165) is 37.2 Å². The molecule has 2 heterocycles. The smallest absolute Gasteiger partial charge is 0.251 e. The monoisotopic (exact) mass is 366 g/mol. The average molecular weight is 366 g/mol. The van der Waals surface area contributed by atoms with Gasteiger partial charge in [-0.25, -0.2) is 0 Å². The molecule has 0 unspecified atom stereocenters. The van der Waals surface area contributed by atoms with Gasteiger partial charge in [0.1, 0.15) is 6.04 Å². The van der Waals surface area contributed by atoms with Gasteiger partial charge in [-0.15, -0.1) is 0 Å². The molecule has 2 aliphatic rings. The fraction of sp³-hybridized carbons (Fsp3) is 0.476. The Hall–Kier alpha value is -2.63. The first-order valence-corrected chi connectivity index (χ1v) is 9.66. The molecule has 1 atom stereocenters. The molecule has 1 aromatic heterocycles. The second kappa shape index (κ2) is 6.83. The van der Waals surface area contributed by atoms with Crippen molar-refractivity contribution in [3.63, 3.8) is 0 Å². The Morgan fingerprint density at radius 3 is 2.30 bits per heavy atom. The summed E-state index contributed by atoms with van der Waals surface area (Å²) in [6.45, 7) is 3.40. The van der Waals surface area contributed by atoms with E-state index in [1.807, 2.05) is 36.3 Å². The van der Waals surface area contributed by atoms with Crippen molar-refractivity contribution in [1.29, 1.82) is 0 Å². The van der Waals surface area contributed by atoms with Gasteiger partial charge in [0.2, 0.25) is 5.91 Å². The van der Waals surface area contributed by atoms with Crippen molar-refractivity contribution in [1.82, 2.24) is 20.0 Å². The molecule has 4 rings (SSSR count). The van der Waals surface area contributed by atoms with Crippen molar-refractivity contribution in [2.45, 2.75) is 38.6 Å². The van der Waals surface area contributed by atoms with Crippen LogP contribution in [0.15, 0.2) is 36.5 Å². The van der Waals surface area contributed by atoms with Gasteiger partial charge in [-0.05, 0) is 56.2 Å². The van der Waals surface area contributed by atoms with E-state index in [0.29, 0.717) is 11.0 Å². The number of nitrogens with zero attached hydrogens (tertiary/aromatic N) is 3. The normalized spacial score (nSPS) is 19.0. The highest BCUT2D eigenvalue weighted by atomic mass is 16.2. The van der Waals surface area contributed by atoms with Gasteiger partial charge >= 0.3 is 0 Å². The Morgan fingerprint density at radius 1 is 1.07 bits per heavy atom. The quantitative estimate of drug-likeness (QED) is 0.904. The molecule has 1 saturated heterocycles. The van der Waals surface area contributed by atoms with Gasteiger partial charge in [0.15, 0.2) is 0 Å². The number of hydrogen-bond acceptors (Lipinski definition) is 3. The number of carbonyl (C=O) groups excluding carboxylic acids is 2. The number of aryl methyl sites for hydroxylation is 1. The number of rotatable bonds is 4. The molecule has 1 aromatic carbocycles. The summed E-state index contributed by atoms with van der Waals surface area (Å²) in [6, 6.07) is 8.72. The molecule has 1 saturated carbocycles. The molecular weight excluding hydrogens is 340 g/mol. The predicted octanol–water partition coefficient (Wildman–Crippen LogP) is 2.61. The van der Waals surface area contributed by atoms with E-state index in [1.165, 1.54) is 12.8 Å². The maximum absolute atomic E-state index is 12.6. The third kappa shape index (κ3) is 3.75. The second-order valence-electron chi connectivity index (χ2n) is 7.97. The third-order valence-electron chi connectivity index (χ3n) is 5.97. The van der Waals surface area contributed by atoms with Crippen LogP contribution in [0.3, 0.4) is 0 Å². The summed E-state index contributed by atoms with van der Waals surface area (Å²) in [5.74, 6) is -0.206. The van der Waals surface area contributed by atoms with Crippen molar-refractivity contribution >= 4 is 11.8 Å². The number of likely N-dealkylation sites (tertiary alicyclic amines) is 1. The summed E-state index contributed by atoms with van der Waals surface area (Å²) in [4.78, 5) is 27.0. The highest BCUT2D eigenvalue weighted by molar-refractivity contribution is 5.97. The van der Waals surface area contributed by atoms with Crippen LogP contribution in [-0.4, -0.2) is 45.6 Å². The zero-order chi connectivity index (χ0) is 19.0. The van der Waals surface area contributed by atoms with Crippen LogP contribution in [0.2, 0.25) is 0 Å². The van der Waals surface area contributed by atoms with Crippen LogP contribution in [0.1, 0.15) is 43.0 Å². The SMILES string of the molecule is C[C@@H](NC(=O)c1ccc(-c2ccn(C)n2)cc1)C(=O)N1CCC2(CC1)CC2. The largest absolute Gasteiger partial charge is 0.341 e. The molecule has 142 valence electrons. The predicted molar refractivity (Wildman–Crippen MR) is 103 cm³/mol. The Balaban J connectivity index is 1.34. The maximum atomic E-state index is 12.6. The molecule has 0 radical (unpaired) electrons. The summed E-state index contributed by atoms with van der Waals surface area (Å²) < 4.78 is 1.74. The van der Waals surface area contributed by atoms with Crippen LogP contribution >= 0.6 is 0 Å². The molecule has 1 aliphatic carbocycles. The van der Waals surface area contributed by atoms with E-state index < -0.39 is 6.04 Å². The van der Waals surface area contributed by atoms with Crippen LogP contribution in [0.25, 0.3) is 11.3 Å². The lowest BCUT2D eigenvalue weighted by atomic mass is 9.93. The standard InChI is InChI=1S/C21H26N4O2/c1-15(20(27)25-13-10-21(8-9-21)11-14-25)22-19(26)17-5-3-16(4-6-17)18-7-12-24(2)23-18/h3-7,12,15H,8-11,13-14H2,1-2H3,(H,22,26)/t15-/m1/s1. The lowest BCUT2D eigenvalue weighted by molar-refractivity contribution is -0.134. The van der Waals surface area contributed by atoms with Crippen molar-refractivity contribution < 1.29 is 9.59 Å². The van der Waals surface area contributed by atoms with Crippen molar-refractivity contribution in [2.24, 2.45) is 12.5 Å². The maximum Gasteiger partial charge on any atom is 0.251 e. The number of piperidine rings is 1. The highest BCUT2D eigenvalue weighted by Crippen LogP contribution is 2.53. The van der Waals surface area contributed by atoms with Crippen molar-refractivity contribution in [3.05, 3.63) is 42.1 Å². The molecule has 1 N–H and O–H groups in total. The summed E-state index contributed by atoms with van der Waals surface area (Å²) in [5.41, 5.74) is 2.91. The van der Waals surface area contributed by atoms with Crippen LogP contribution in [0, 0.1) is 5.41 Å². The number of hydrogen-bond donors (Lipinski definition) is 1. The average Bonchev–Trinajstić information content (AvgIpc) is 3.29. The minimum atomic E-state index is -0.513. The van der Waals surface area contributed by atoms with E-state index in [9.17, 15) is 9.59 Å². The van der Waals surface area contributed by atoms with Crippen LogP contribution in [0.4, 0.5) is 0 Å². The molecular formula is C21H26N4O2. The van der Waals surface area contributed by atoms with Crippen molar-refractivity contribution in [2.75, 3.05) is 13.1 Å². The molecule has 2 fully saturated rings. The molecule has 6 heteroatoms. The number of amides is 2. The zero-order valence-corrected chi connectivity index (χ0v) is 15.9. The van der Waals surface area contributed by atoms with Gasteiger partial charge in [0, 0.05) is 37.5 Å². The Morgan fingerprint density at radius 2 is 1.74 bits per heavy atom. The van der Waals surface area contributed by atoms with Gasteiger partial charge in [0.05, 0.1) is 5.69 Å². The first-order chi connectivity index (χ1) is 13.0. The lowest BCUT2D eigenvalue weighted by Crippen LogP contribution is -2.49. The van der Waals surface area contributed by atoms with Crippen molar-refractivity contribution in [3.8, 4) is 11.3 Å². The summed E-state index contributed by atoms with van der Waals surface area (Å²) >= 11 is 0. The second-order valence-corrected chi connectivity index (χ2v) is 7.97.